The molecular formula is C15H20N4O. The summed E-state index contributed by atoms with van der Waals surface area (Å²) >= 11 is 0. The molecule has 0 fully saturated rings. The topological polar surface area (TPSA) is 73.8 Å². The highest BCUT2D eigenvalue weighted by molar-refractivity contribution is 5.86. The maximum atomic E-state index is 12.2. The molecule has 0 bridgehead atoms. The summed E-state index contributed by atoms with van der Waals surface area (Å²) < 4.78 is 1.78. The Morgan fingerprint density at radius 3 is 2.65 bits per heavy atom. The number of aromatic nitrogens is 3. The van der Waals surface area contributed by atoms with E-state index < -0.39 is 6.04 Å². The minimum atomic E-state index is -0.611. The van der Waals surface area contributed by atoms with Gasteiger partial charge in [0.25, 0.3) is 0 Å². The van der Waals surface area contributed by atoms with E-state index >= 15 is 0 Å². The van der Waals surface area contributed by atoms with Gasteiger partial charge < -0.3 is 5.73 Å². The van der Waals surface area contributed by atoms with E-state index in [0.29, 0.717) is 11.7 Å². The van der Waals surface area contributed by atoms with Crippen molar-refractivity contribution < 1.29 is 4.79 Å². The Morgan fingerprint density at radius 2 is 2.00 bits per heavy atom. The SMILES string of the molecule is CC(C)Cn1ncnc1CC(=O)C(N)c1ccccc1. The number of benzene rings is 1. The summed E-state index contributed by atoms with van der Waals surface area (Å²) in [6.07, 6.45) is 1.70. The quantitative estimate of drug-likeness (QED) is 0.869. The molecule has 1 unspecified atom stereocenters. The molecule has 0 saturated heterocycles. The molecule has 0 spiro atoms. The van der Waals surface area contributed by atoms with Crippen molar-refractivity contribution in [3.63, 3.8) is 0 Å². The van der Waals surface area contributed by atoms with Crippen molar-refractivity contribution in [2.75, 3.05) is 0 Å². The number of hydrogen-bond donors (Lipinski definition) is 1. The Labute approximate surface area is 118 Å². The van der Waals surface area contributed by atoms with Gasteiger partial charge in [0.1, 0.15) is 12.2 Å². The molecular weight excluding hydrogens is 252 g/mol. The first-order chi connectivity index (χ1) is 9.58. The molecule has 1 atom stereocenters. The summed E-state index contributed by atoms with van der Waals surface area (Å²) in [4.78, 5) is 16.4. The van der Waals surface area contributed by atoms with Crippen LogP contribution in [0.25, 0.3) is 0 Å². The van der Waals surface area contributed by atoms with Crippen LogP contribution in [0.3, 0.4) is 0 Å². The maximum Gasteiger partial charge on any atom is 0.161 e. The number of rotatable bonds is 6. The second-order valence-electron chi connectivity index (χ2n) is 5.28. The molecule has 20 heavy (non-hydrogen) atoms. The summed E-state index contributed by atoms with van der Waals surface area (Å²) in [5, 5.41) is 4.15. The number of carbonyl (C=O) groups is 1. The molecule has 0 radical (unpaired) electrons. The Hall–Kier alpha value is -2.01. The Bertz CT molecular complexity index is 562. The lowest BCUT2D eigenvalue weighted by atomic mass is 10.0. The highest BCUT2D eigenvalue weighted by Gasteiger charge is 2.18. The van der Waals surface area contributed by atoms with E-state index in [-0.39, 0.29) is 12.2 Å². The molecule has 2 aromatic rings. The fourth-order valence-corrected chi connectivity index (χ4v) is 2.04. The van der Waals surface area contributed by atoms with Gasteiger partial charge in [0.15, 0.2) is 5.78 Å². The molecule has 5 nitrogen and oxygen atoms in total. The molecule has 106 valence electrons. The van der Waals surface area contributed by atoms with Crippen LogP contribution in [0.4, 0.5) is 0 Å². The van der Waals surface area contributed by atoms with Crippen LogP contribution in [0.1, 0.15) is 31.3 Å². The summed E-state index contributed by atoms with van der Waals surface area (Å²) in [5.41, 5.74) is 6.83. The van der Waals surface area contributed by atoms with Crippen molar-refractivity contribution >= 4 is 5.78 Å². The fourth-order valence-electron chi connectivity index (χ4n) is 2.04. The van der Waals surface area contributed by atoms with Gasteiger partial charge in [-0.05, 0) is 11.5 Å². The smallest absolute Gasteiger partial charge is 0.161 e. The number of carbonyl (C=O) groups excluding carboxylic acids is 1. The third-order valence-corrected chi connectivity index (χ3v) is 3.07. The molecule has 0 aliphatic heterocycles. The van der Waals surface area contributed by atoms with Gasteiger partial charge in [-0.15, -0.1) is 0 Å². The average Bonchev–Trinajstić information content (AvgIpc) is 2.85. The Morgan fingerprint density at radius 1 is 1.30 bits per heavy atom. The van der Waals surface area contributed by atoms with E-state index in [9.17, 15) is 4.79 Å². The van der Waals surface area contributed by atoms with E-state index in [1.165, 1.54) is 6.33 Å². The highest BCUT2D eigenvalue weighted by atomic mass is 16.1. The van der Waals surface area contributed by atoms with Gasteiger partial charge in [-0.1, -0.05) is 44.2 Å². The second-order valence-corrected chi connectivity index (χ2v) is 5.28. The van der Waals surface area contributed by atoms with E-state index in [1.807, 2.05) is 30.3 Å². The van der Waals surface area contributed by atoms with Crippen LogP contribution in [-0.2, 0) is 17.8 Å². The molecule has 0 aliphatic carbocycles. The van der Waals surface area contributed by atoms with Gasteiger partial charge >= 0.3 is 0 Å². The highest BCUT2D eigenvalue weighted by Crippen LogP contribution is 2.13. The molecule has 0 aliphatic rings. The molecule has 2 rings (SSSR count). The fraction of sp³-hybridized carbons (Fsp3) is 0.400. The zero-order valence-electron chi connectivity index (χ0n) is 11.9. The summed E-state index contributed by atoms with van der Waals surface area (Å²) in [6, 6.07) is 8.77. The van der Waals surface area contributed by atoms with Crippen molar-refractivity contribution in [2.24, 2.45) is 11.7 Å². The van der Waals surface area contributed by atoms with E-state index in [4.69, 9.17) is 5.73 Å². The van der Waals surface area contributed by atoms with Crippen molar-refractivity contribution in [1.29, 1.82) is 0 Å². The normalized spacial score (nSPS) is 12.6. The third kappa shape index (κ3) is 3.51. The predicted molar refractivity (Wildman–Crippen MR) is 76.9 cm³/mol. The van der Waals surface area contributed by atoms with Crippen LogP contribution in [0.15, 0.2) is 36.7 Å². The number of nitrogens with zero attached hydrogens (tertiary/aromatic N) is 3. The molecule has 0 amide bonds. The van der Waals surface area contributed by atoms with Crippen LogP contribution in [0, 0.1) is 5.92 Å². The van der Waals surface area contributed by atoms with Gasteiger partial charge in [0, 0.05) is 6.54 Å². The first-order valence-corrected chi connectivity index (χ1v) is 6.78. The number of Topliss-reactive ketones (excluding diaryl/α,β-unsaturated/α-hetero) is 1. The van der Waals surface area contributed by atoms with Crippen LogP contribution in [-0.4, -0.2) is 20.5 Å². The molecule has 0 saturated carbocycles. The Kier molecular flexibility index (Phi) is 4.63. The standard InChI is InChI=1S/C15H20N4O/c1-11(2)9-19-14(17-10-18-19)8-13(20)15(16)12-6-4-3-5-7-12/h3-7,10-11,15H,8-9,16H2,1-2H3. The minimum Gasteiger partial charge on any atom is -0.318 e. The lowest BCUT2D eigenvalue weighted by Gasteiger charge is -2.12. The van der Waals surface area contributed by atoms with Crippen LogP contribution < -0.4 is 5.73 Å². The third-order valence-electron chi connectivity index (χ3n) is 3.07. The monoisotopic (exact) mass is 272 g/mol. The molecule has 1 aromatic heterocycles. The number of hydrogen-bond acceptors (Lipinski definition) is 4. The second kappa shape index (κ2) is 6.43. The van der Waals surface area contributed by atoms with Gasteiger partial charge in [-0.25, -0.2) is 9.67 Å². The van der Waals surface area contributed by atoms with Crippen molar-refractivity contribution in [3.8, 4) is 0 Å². The lowest BCUT2D eigenvalue weighted by molar-refractivity contribution is -0.119. The minimum absolute atomic E-state index is 0.0470. The van der Waals surface area contributed by atoms with Crippen LogP contribution in [0.2, 0.25) is 0 Å². The zero-order valence-corrected chi connectivity index (χ0v) is 11.9. The first kappa shape index (κ1) is 14.4. The molecule has 1 aromatic carbocycles. The largest absolute Gasteiger partial charge is 0.318 e. The summed E-state index contributed by atoms with van der Waals surface area (Å²) in [5.74, 6) is 1.08. The van der Waals surface area contributed by atoms with E-state index in [2.05, 4.69) is 23.9 Å². The molecule has 1 heterocycles. The van der Waals surface area contributed by atoms with Crippen molar-refractivity contribution in [3.05, 3.63) is 48.0 Å². The average molecular weight is 272 g/mol. The van der Waals surface area contributed by atoms with Gasteiger partial charge in [0.2, 0.25) is 0 Å². The zero-order chi connectivity index (χ0) is 14.5. The van der Waals surface area contributed by atoms with Gasteiger partial charge in [0.05, 0.1) is 12.5 Å². The van der Waals surface area contributed by atoms with E-state index in [0.717, 1.165) is 12.1 Å². The van der Waals surface area contributed by atoms with Crippen molar-refractivity contribution in [1.82, 2.24) is 14.8 Å². The van der Waals surface area contributed by atoms with E-state index in [1.54, 1.807) is 4.68 Å². The number of nitrogens with two attached hydrogens (primary N) is 1. The molecule has 5 heteroatoms. The summed E-state index contributed by atoms with van der Waals surface area (Å²) in [6.45, 7) is 4.95. The van der Waals surface area contributed by atoms with Crippen LogP contribution >= 0.6 is 0 Å². The predicted octanol–water partition coefficient (Wildman–Crippen LogP) is 1.75. The molecule has 2 N–H and O–H groups in total. The van der Waals surface area contributed by atoms with Gasteiger partial charge in [-0.2, -0.15) is 5.10 Å². The Balaban J connectivity index is 2.07. The first-order valence-electron chi connectivity index (χ1n) is 6.78. The summed E-state index contributed by atoms with van der Waals surface area (Å²) in [7, 11) is 0. The number of ketones is 1. The van der Waals surface area contributed by atoms with Crippen molar-refractivity contribution in [2.45, 2.75) is 32.9 Å². The van der Waals surface area contributed by atoms with Gasteiger partial charge in [-0.3, -0.25) is 4.79 Å². The van der Waals surface area contributed by atoms with Crippen LogP contribution in [0.5, 0.6) is 0 Å². The maximum absolute atomic E-state index is 12.2. The lowest BCUT2D eigenvalue weighted by Crippen LogP contribution is -2.25.